The molecule has 0 radical (unpaired) electrons. The van der Waals surface area contributed by atoms with E-state index in [9.17, 15) is 5.11 Å². The molecule has 4 fully saturated rings. The van der Waals surface area contributed by atoms with Crippen molar-refractivity contribution in [3.05, 3.63) is 11.6 Å². The van der Waals surface area contributed by atoms with Gasteiger partial charge in [-0.15, -0.1) is 12.4 Å². The van der Waals surface area contributed by atoms with Crippen LogP contribution in [0.4, 0.5) is 0 Å². The van der Waals surface area contributed by atoms with Gasteiger partial charge in [0.05, 0.1) is 6.10 Å². The van der Waals surface area contributed by atoms with Crippen LogP contribution in [0, 0.1) is 40.4 Å². The van der Waals surface area contributed by atoms with Crippen molar-refractivity contribution in [3.63, 3.8) is 0 Å². The van der Waals surface area contributed by atoms with E-state index >= 15 is 0 Å². The monoisotopic (exact) mass is 365 g/mol. The summed E-state index contributed by atoms with van der Waals surface area (Å²) in [6, 6.07) is 0.792. The average molecular weight is 366 g/mol. The zero-order valence-corrected chi connectivity index (χ0v) is 16.9. The van der Waals surface area contributed by atoms with Gasteiger partial charge in [-0.25, -0.2) is 0 Å². The fraction of sp³-hybridized carbons (Fsp3) is 0.909. The lowest BCUT2D eigenvalue weighted by Gasteiger charge is -2.58. The van der Waals surface area contributed by atoms with E-state index in [0.29, 0.717) is 10.8 Å². The number of aliphatic hydroxyl groups excluding tert-OH is 1. The van der Waals surface area contributed by atoms with Crippen molar-refractivity contribution in [3.8, 4) is 0 Å². The van der Waals surface area contributed by atoms with E-state index in [4.69, 9.17) is 0 Å². The van der Waals surface area contributed by atoms with Crippen LogP contribution in [0.2, 0.25) is 0 Å². The molecule has 3 unspecified atom stereocenters. The lowest BCUT2D eigenvalue weighted by molar-refractivity contribution is -0.0547. The van der Waals surface area contributed by atoms with Gasteiger partial charge >= 0.3 is 0 Å². The van der Waals surface area contributed by atoms with Crippen molar-refractivity contribution in [2.24, 2.45) is 40.4 Å². The number of aliphatic hydroxyl groups is 1. The van der Waals surface area contributed by atoms with Gasteiger partial charge in [0.15, 0.2) is 0 Å². The molecule has 3 saturated carbocycles. The van der Waals surface area contributed by atoms with Crippen LogP contribution in [-0.2, 0) is 0 Å². The van der Waals surface area contributed by atoms with Gasteiger partial charge in [0.2, 0.25) is 0 Å². The lowest BCUT2D eigenvalue weighted by Crippen LogP contribution is -2.50. The van der Waals surface area contributed by atoms with E-state index in [-0.39, 0.29) is 18.5 Å². The van der Waals surface area contributed by atoms with Crippen molar-refractivity contribution in [1.29, 1.82) is 0 Å². The molecule has 0 spiro atoms. The maximum absolute atomic E-state index is 10.1. The Balaban J connectivity index is 0.00000157. The largest absolute Gasteiger partial charge is 0.393 e. The molecular formula is C22H36ClNO. The van der Waals surface area contributed by atoms with Crippen LogP contribution in [0.5, 0.6) is 0 Å². The third-order valence-electron chi connectivity index (χ3n) is 9.53. The molecule has 0 aromatic carbocycles. The molecule has 5 aliphatic rings. The molecule has 1 heterocycles. The van der Waals surface area contributed by atoms with Crippen LogP contribution in [0.25, 0.3) is 0 Å². The van der Waals surface area contributed by atoms with Crippen LogP contribution in [0.15, 0.2) is 11.6 Å². The minimum absolute atomic E-state index is 0. The van der Waals surface area contributed by atoms with E-state index in [0.717, 1.165) is 48.5 Å². The van der Waals surface area contributed by atoms with Crippen LogP contribution in [-0.4, -0.2) is 23.8 Å². The van der Waals surface area contributed by atoms with Gasteiger partial charge < -0.3 is 10.4 Å². The van der Waals surface area contributed by atoms with Gasteiger partial charge in [-0.1, -0.05) is 32.4 Å². The summed E-state index contributed by atoms with van der Waals surface area (Å²) in [5.74, 6) is 4.46. The summed E-state index contributed by atoms with van der Waals surface area (Å²) < 4.78 is 0. The maximum atomic E-state index is 10.1. The second kappa shape index (κ2) is 5.97. The van der Waals surface area contributed by atoms with Crippen LogP contribution in [0.1, 0.15) is 65.7 Å². The number of hydrogen-bond acceptors (Lipinski definition) is 2. The molecule has 3 heteroatoms. The van der Waals surface area contributed by atoms with Gasteiger partial charge in [0.25, 0.3) is 0 Å². The van der Waals surface area contributed by atoms with Crippen molar-refractivity contribution in [2.75, 3.05) is 6.54 Å². The summed E-state index contributed by atoms with van der Waals surface area (Å²) in [5.41, 5.74) is 2.57. The lowest BCUT2D eigenvalue weighted by atomic mass is 9.47. The zero-order chi connectivity index (χ0) is 16.7. The first-order chi connectivity index (χ1) is 11.4. The number of allylic oxidation sites excluding steroid dienone is 1. The van der Waals surface area contributed by atoms with E-state index in [1.54, 1.807) is 5.57 Å². The molecule has 0 aromatic heterocycles. The van der Waals surface area contributed by atoms with E-state index in [1.807, 2.05) is 0 Å². The Morgan fingerprint density at radius 2 is 1.96 bits per heavy atom. The van der Waals surface area contributed by atoms with Gasteiger partial charge in [0, 0.05) is 6.04 Å². The molecule has 0 amide bonds. The molecule has 142 valence electrons. The predicted octanol–water partition coefficient (Wildman–Crippen LogP) is 4.57. The van der Waals surface area contributed by atoms with Gasteiger partial charge in [-0.05, 0) is 91.9 Å². The van der Waals surface area contributed by atoms with E-state index < -0.39 is 0 Å². The number of halogens is 1. The predicted molar refractivity (Wildman–Crippen MR) is 105 cm³/mol. The summed E-state index contributed by atoms with van der Waals surface area (Å²) >= 11 is 0. The molecule has 9 atom stereocenters. The second-order valence-electron chi connectivity index (χ2n) is 10.5. The Hall–Kier alpha value is -0.0500. The second-order valence-corrected chi connectivity index (χ2v) is 10.5. The standard InChI is InChI=1S/C22H35NO.ClH/c1-13-12-23-19-11-18-16-5-4-14-10-15(24)6-8-21(14,2)17(16)7-9-22(18,3)20(13)19;/h4,13,15-20,23-24H,5-12H2,1-3H3;1H/t13-,15+,16?,17?,18?,19+,20+,21+,22+;/m1./s1. The first-order valence-corrected chi connectivity index (χ1v) is 10.5. The first kappa shape index (κ1) is 18.3. The highest BCUT2D eigenvalue weighted by Crippen LogP contribution is 2.67. The molecule has 0 aromatic rings. The highest BCUT2D eigenvalue weighted by molar-refractivity contribution is 5.85. The van der Waals surface area contributed by atoms with E-state index in [1.165, 1.54) is 38.6 Å². The molecule has 0 bridgehead atoms. The molecule has 2 N–H and O–H groups in total. The Kier molecular flexibility index (Phi) is 4.38. The fourth-order valence-corrected chi connectivity index (χ4v) is 8.45. The summed E-state index contributed by atoms with van der Waals surface area (Å²) in [6.07, 6.45) is 11.3. The molecule has 2 nitrogen and oxygen atoms in total. The number of hydrogen-bond donors (Lipinski definition) is 2. The normalized spacial score (nSPS) is 56.8. The highest BCUT2D eigenvalue weighted by atomic mass is 35.5. The Morgan fingerprint density at radius 1 is 1.16 bits per heavy atom. The van der Waals surface area contributed by atoms with Crippen molar-refractivity contribution >= 4 is 12.4 Å². The quantitative estimate of drug-likeness (QED) is 0.616. The third kappa shape index (κ3) is 2.36. The van der Waals surface area contributed by atoms with Gasteiger partial charge in [0.1, 0.15) is 0 Å². The average Bonchev–Trinajstić information content (AvgIpc) is 3.06. The Bertz CT molecular complexity index is 576. The molecule has 1 aliphatic heterocycles. The summed E-state index contributed by atoms with van der Waals surface area (Å²) in [4.78, 5) is 0. The maximum Gasteiger partial charge on any atom is 0.0577 e. The van der Waals surface area contributed by atoms with Crippen LogP contribution >= 0.6 is 12.4 Å². The number of rotatable bonds is 0. The smallest absolute Gasteiger partial charge is 0.0577 e. The third-order valence-corrected chi connectivity index (χ3v) is 9.53. The summed E-state index contributed by atoms with van der Waals surface area (Å²) in [6.45, 7) is 8.92. The molecule has 4 aliphatic carbocycles. The van der Waals surface area contributed by atoms with Crippen molar-refractivity contribution in [1.82, 2.24) is 5.32 Å². The molecule has 25 heavy (non-hydrogen) atoms. The topological polar surface area (TPSA) is 32.3 Å². The SMILES string of the molecule is C[C@@H]1CN[C@H]2CC3C4CC=C5C[C@@H](O)CC[C@]5(C)C4CC[C@]3(C)[C@@H]12.Cl. The van der Waals surface area contributed by atoms with Crippen molar-refractivity contribution in [2.45, 2.75) is 77.9 Å². The van der Waals surface area contributed by atoms with Crippen LogP contribution in [0.3, 0.4) is 0 Å². The number of fused-ring (bicyclic) bond motifs is 7. The number of nitrogens with one attached hydrogen (secondary N) is 1. The molecule has 5 rings (SSSR count). The molecule has 1 saturated heterocycles. The highest BCUT2D eigenvalue weighted by Gasteiger charge is 2.62. The van der Waals surface area contributed by atoms with Crippen LogP contribution < -0.4 is 5.32 Å². The Labute approximate surface area is 159 Å². The first-order valence-electron chi connectivity index (χ1n) is 10.5. The molecular weight excluding hydrogens is 330 g/mol. The van der Waals surface area contributed by atoms with Gasteiger partial charge in [-0.2, -0.15) is 0 Å². The fourth-order valence-electron chi connectivity index (χ4n) is 8.45. The minimum Gasteiger partial charge on any atom is -0.393 e. The van der Waals surface area contributed by atoms with E-state index in [2.05, 4.69) is 32.2 Å². The van der Waals surface area contributed by atoms with Crippen molar-refractivity contribution < 1.29 is 5.11 Å². The summed E-state index contributed by atoms with van der Waals surface area (Å²) in [7, 11) is 0. The van der Waals surface area contributed by atoms with Gasteiger partial charge in [-0.3, -0.25) is 0 Å². The minimum atomic E-state index is -0.0781. The summed E-state index contributed by atoms with van der Waals surface area (Å²) in [5, 5.41) is 14.0. The Morgan fingerprint density at radius 3 is 2.76 bits per heavy atom. The zero-order valence-electron chi connectivity index (χ0n) is 16.1.